The first-order chi connectivity index (χ1) is 7.85. The second kappa shape index (κ2) is 4.84. The first kappa shape index (κ1) is 10.7. The van der Waals surface area contributed by atoms with Crippen molar-refractivity contribution in [1.82, 2.24) is 0 Å². The molecule has 1 heteroatoms. The van der Waals surface area contributed by atoms with E-state index in [-0.39, 0.29) is 0 Å². The third kappa shape index (κ3) is 2.08. The average molecular weight is 211 g/mol. The Morgan fingerprint density at radius 3 is 2.31 bits per heavy atom. The topological polar surface area (TPSA) is 12.0 Å². The summed E-state index contributed by atoms with van der Waals surface area (Å²) in [5.41, 5.74) is 5.15. The van der Waals surface area contributed by atoms with Gasteiger partial charge in [-0.2, -0.15) is 0 Å². The molecule has 0 atom stereocenters. The third-order valence-electron chi connectivity index (χ3n) is 2.86. The maximum Gasteiger partial charge on any atom is 0.0370 e. The van der Waals surface area contributed by atoms with Crippen LogP contribution in [-0.4, -0.2) is 7.05 Å². The van der Waals surface area contributed by atoms with Crippen LogP contribution in [0.2, 0.25) is 0 Å². The van der Waals surface area contributed by atoms with Gasteiger partial charge in [-0.05, 0) is 35.2 Å². The highest BCUT2D eigenvalue weighted by molar-refractivity contribution is 5.68. The Kier molecular flexibility index (Phi) is 3.25. The van der Waals surface area contributed by atoms with Crippen LogP contribution >= 0.6 is 0 Å². The lowest BCUT2D eigenvalue weighted by Gasteiger charge is -2.10. The lowest BCUT2D eigenvalue weighted by Crippen LogP contribution is -1.94. The van der Waals surface area contributed by atoms with Crippen molar-refractivity contribution in [3.05, 3.63) is 54.1 Å². The van der Waals surface area contributed by atoms with E-state index in [1.807, 2.05) is 13.1 Å². The van der Waals surface area contributed by atoms with Crippen molar-refractivity contribution in [1.29, 1.82) is 0 Å². The van der Waals surface area contributed by atoms with Crippen molar-refractivity contribution >= 4 is 5.69 Å². The predicted molar refractivity (Wildman–Crippen MR) is 70.8 cm³/mol. The fourth-order valence-electron chi connectivity index (χ4n) is 1.94. The molecule has 82 valence electrons. The third-order valence-corrected chi connectivity index (χ3v) is 2.86. The van der Waals surface area contributed by atoms with Crippen LogP contribution in [0.25, 0.3) is 11.1 Å². The minimum atomic E-state index is 1.05. The van der Waals surface area contributed by atoms with Crippen LogP contribution in [0.4, 0.5) is 5.69 Å². The SMILES string of the molecule is CCc1cc(-c2ccccc2)ccc1NC. The van der Waals surface area contributed by atoms with Crippen LogP contribution in [0.3, 0.4) is 0 Å². The normalized spacial score (nSPS) is 10.1. The second-order valence-corrected chi connectivity index (χ2v) is 3.84. The first-order valence-corrected chi connectivity index (χ1v) is 5.71. The van der Waals surface area contributed by atoms with Gasteiger partial charge in [-0.1, -0.05) is 43.3 Å². The van der Waals surface area contributed by atoms with Gasteiger partial charge in [0.05, 0.1) is 0 Å². The molecule has 0 spiro atoms. The molecule has 16 heavy (non-hydrogen) atoms. The molecule has 0 aliphatic carbocycles. The van der Waals surface area contributed by atoms with E-state index in [4.69, 9.17) is 0 Å². The fraction of sp³-hybridized carbons (Fsp3) is 0.200. The van der Waals surface area contributed by atoms with Crippen molar-refractivity contribution in [3.8, 4) is 11.1 Å². The van der Waals surface area contributed by atoms with Gasteiger partial charge in [-0.25, -0.2) is 0 Å². The minimum absolute atomic E-state index is 1.05. The summed E-state index contributed by atoms with van der Waals surface area (Å²) in [6, 6.07) is 17.1. The van der Waals surface area contributed by atoms with Gasteiger partial charge >= 0.3 is 0 Å². The van der Waals surface area contributed by atoms with Crippen molar-refractivity contribution in [3.63, 3.8) is 0 Å². The number of hydrogen-bond acceptors (Lipinski definition) is 1. The average Bonchev–Trinajstić information content (AvgIpc) is 2.39. The zero-order chi connectivity index (χ0) is 11.4. The summed E-state index contributed by atoms with van der Waals surface area (Å²) >= 11 is 0. The highest BCUT2D eigenvalue weighted by Gasteiger charge is 2.02. The zero-order valence-electron chi connectivity index (χ0n) is 9.83. The molecule has 0 saturated carbocycles. The molecule has 0 heterocycles. The number of anilines is 1. The Hall–Kier alpha value is -1.76. The van der Waals surface area contributed by atoms with Crippen molar-refractivity contribution in [2.24, 2.45) is 0 Å². The van der Waals surface area contributed by atoms with E-state index >= 15 is 0 Å². The predicted octanol–water partition coefficient (Wildman–Crippen LogP) is 3.96. The van der Waals surface area contributed by atoms with E-state index in [9.17, 15) is 0 Å². The van der Waals surface area contributed by atoms with Crippen LogP contribution in [0.15, 0.2) is 48.5 Å². The summed E-state index contributed by atoms with van der Waals surface area (Å²) in [7, 11) is 1.97. The van der Waals surface area contributed by atoms with Gasteiger partial charge in [0, 0.05) is 12.7 Å². The zero-order valence-corrected chi connectivity index (χ0v) is 9.83. The molecule has 0 saturated heterocycles. The number of rotatable bonds is 3. The maximum atomic E-state index is 3.23. The number of aryl methyl sites for hydroxylation is 1. The van der Waals surface area contributed by atoms with Gasteiger partial charge in [0.2, 0.25) is 0 Å². The molecule has 0 amide bonds. The van der Waals surface area contributed by atoms with E-state index < -0.39 is 0 Å². The maximum absolute atomic E-state index is 3.23. The molecule has 1 nitrogen and oxygen atoms in total. The lowest BCUT2D eigenvalue weighted by molar-refractivity contribution is 1.14. The van der Waals surface area contributed by atoms with Gasteiger partial charge in [-0.15, -0.1) is 0 Å². The summed E-state index contributed by atoms with van der Waals surface area (Å²) in [6.45, 7) is 2.19. The molecule has 0 aromatic heterocycles. The van der Waals surface area contributed by atoms with Crippen molar-refractivity contribution in [2.45, 2.75) is 13.3 Å². The summed E-state index contributed by atoms with van der Waals surface area (Å²) in [4.78, 5) is 0. The molecule has 2 aromatic rings. The van der Waals surface area contributed by atoms with Gasteiger partial charge < -0.3 is 5.32 Å². The molecular formula is C15H17N. The molecule has 0 aliphatic heterocycles. The van der Waals surface area contributed by atoms with E-state index in [1.165, 1.54) is 22.4 Å². The van der Waals surface area contributed by atoms with Crippen LogP contribution in [0.5, 0.6) is 0 Å². The second-order valence-electron chi connectivity index (χ2n) is 3.84. The fourth-order valence-corrected chi connectivity index (χ4v) is 1.94. The standard InChI is InChI=1S/C15H17N/c1-3-12-11-14(9-10-15(12)16-2)13-7-5-4-6-8-13/h4-11,16H,3H2,1-2H3. The highest BCUT2D eigenvalue weighted by Crippen LogP contribution is 2.25. The largest absolute Gasteiger partial charge is 0.388 e. The number of hydrogen-bond donors (Lipinski definition) is 1. The Morgan fingerprint density at radius 2 is 1.69 bits per heavy atom. The van der Waals surface area contributed by atoms with Gasteiger partial charge in [0.15, 0.2) is 0 Å². The van der Waals surface area contributed by atoms with Gasteiger partial charge in [0.1, 0.15) is 0 Å². The molecule has 0 bridgehead atoms. The number of benzene rings is 2. The van der Waals surface area contributed by atoms with E-state index in [2.05, 4.69) is 54.7 Å². The monoisotopic (exact) mass is 211 g/mol. The van der Waals surface area contributed by atoms with Crippen molar-refractivity contribution < 1.29 is 0 Å². The molecule has 2 aromatic carbocycles. The summed E-state index contributed by atoms with van der Waals surface area (Å²) in [6.07, 6.45) is 1.05. The van der Waals surface area contributed by atoms with Crippen molar-refractivity contribution in [2.75, 3.05) is 12.4 Å². The molecule has 2 rings (SSSR count). The molecule has 0 aliphatic rings. The highest BCUT2D eigenvalue weighted by atomic mass is 14.8. The van der Waals surface area contributed by atoms with Crippen LogP contribution in [-0.2, 0) is 6.42 Å². The molecular weight excluding hydrogens is 194 g/mol. The smallest absolute Gasteiger partial charge is 0.0370 e. The Morgan fingerprint density at radius 1 is 0.938 bits per heavy atom. The van der Waals surface area contributed by atoms with Crippen LogP contribution < -0.4 is 5.32 Å². The number of nitrogens with one attached hydrogen (secondary N) is 1. The summed E-state index contributed by atoms with van der Waals surface area (Å²) in [5.74, 6) is 0. The van der Waals surface area contributed by atoms with Crippen LogP contribution in [0.1, 0.15) is 12.5 Å². The molecule has 1 N–H and O–H groups in total. The minimum Gasteiger partial charge on any atom is -0.388 e. The van der Waals surface area contributed by atoms with E-state index in [0.29, 0.717) is 0 Å². The molecule has 0 unspecified atom stereocenters. The van der Waals surface area contributed by atoms with E-state index in [0.717, 1.165) is 6.42 Å². The summed E-state index contributed by atoms with van der Waals surface area (Å²) in [5, 5.41) is 3.23. The van der Waals surface area contributed by atoms with Gasteiger partial charge in [0.25, 0.3) is 0 Å². The Labute approximate surface area is 97.1 Å². The quantitative estimate of drug-likeness (QED) is 0.810. The summed E-state index contributed by atoms with van der Waals surface area (Å²) < 4.78 is 0. The Balaban J connectivity index is 2.44. The first-order valence-electron chi connectivity index (χ1n) is 5.71. The molecule has 0 radical (unpaired) electrons. The van der Waals surface area contributed by atoms with E-state index in [1.54, 1.807) is 0 Å². The lowest BCUT2D eigenvalue weighted by atomic mass is 10.0. The molecule has 0 fully saturated rings. The Bertz CT molecular complexity index is 460. The van der Waals surface area contributed by atoms with Crippen LogP contribution in [0, 0.1) is 0 Å². The van der Waals surface area contributed by atoms with Gasteiger partial charge in [-0.3, -0.25) is 0 Å².